The first kappa shape index (κ1) is 23.9. The summed E-state index contributed by atoms with van der Waals surface area (Å²) in [7, 11) is 0. The topological polar surface area (TPSA) is 54.5 Å². The van der Waals surface area contributed by atoms with Crippen LogP contribution in [0.1, 0.15) is 15.2 Å². The maximum atomic E-state index is 15.3. The second kappa shape index (κ2) is 9.87. The number of thiophene rings is 1. The first-order valence-electron chi connectivity index (χ1n) is 13.2. The molecule has 0 radical (unpaired) electrons. The Labute approximate surface area is 225 Å². The van der Waals surface area contributed by atoms with E-state index >= 15 is 4.39 Å². The zero-order valence-corrected chi connectivity index (χ0v) is 21.9. The van der Waals surface area contributed by atoms with Crippen LogP contribution in [0.5, 0.6) is 11.5 Å². The predicted octanol–water partition coefficient (Wildman–Crippen LogP) is 4.48. The van der Waals surface area contributed by atoms with Gasteiger partial charge >= 0.3 is 0 Å². The molecule has 1 aliphatic carbocycles. The van der Waals surface area contributed by atoms with Gasteiger partial charge in [-0.25, -0.2) is 4.39 Å². The Bertz CT molecular complexity index is 1320. The highest BCUT2D eigenvalue weighted by Crippen LogP contribution is 2.53. The molecule has 9 heteroatoms. The number of anilines is 2. The fourth-order valence-electron chi connectivity index (χ4n) is 6.21. The van der Waals surface area contributed by atoms with Crippen LogP contribution >= 0.6 is 11.3 Å². The van der Waals surface area contributed by atoms with Gasteiger partial charge in [0.25, 0.3) is 5.91 Å². The maximum Gasteiger partial charge on any atom is 0.268 e. The highest BCUT2D eigenvalue weighted by atomic mass is 32.1. The summed E-state index contributed by atoms with van der Waals surface area (Å²) in [6.45, 7) is 6.33. The van der Waals surface area contributed by atoms with Gasteiger partial charge in [0.1, 0.15) is 5.82 Å². The molecule has 7 nitrogen and oxygen atoms in total. The van der Waals surface area contributed by atoms with Crippen molar-refractivity contribution in [2.75, 3.05) is 62.5 Å². The minimum Gasteiger partial charge on any atom is -0.454 e. The molecular weight excluding hydrogens is 505 g/mol. The number of hydrogen-bond donors (Lipinski definition) is 0. The number of piperidine rings is 1. The van der Waals surface area contributed by atoms with Gasteiger partial charge in [0.15, 0.2) is 11.5 Å². The first-order valence-corrected chi connectivity index (χ1v) is 14.1. The number of rotatable bonds is 7. The minimum atomic E-state index is -0.292. The number of fused-ring (bicyclic) bond motifs is 2. The molecule has 4 heterocycles. The van der Waals surface area contributed by atoms with Gasteiger partial charge in [-0.1, -0.05) is 12.1 Å². The molecule has 4 aliphatic rings. The Morgan fingerprint density at radius 3 is 2.61 bits per heavy atom. The molecule has 1 saturated carbocycles. The summed E-state index contributed by atoms with van der Waals surface area (Å²) in [4.78, 5) is 20.5. The van der Waals surface area contributed by atoms with E-state index in [0.29, 0.717) is 66.9 Å². The lowest BCUT2D eigenvalue weighted by molar-refractivity contribution is 0.0988. The van der Waals surface area contributed by atoms with Crippen LogP contribution < -0.4 is 19.3 Å². The van der Waals surface area contributed by atoms with Gasteiger partial charge in [-0.15, -0.1) is 11.3 Å². The van der Waals surface area contributed by atoms with Gasteiger partial charge in [-0.3, -0.25) is 9.69 Å². The van der Waals surface area contributed by atoms with Crippen LogP contribution in [0.2, 0.25) is 0 Å². The quantitative estimate of drug-likeness (QED) is 0.445. The number of likely N-dealkylation sites (tertiary alicyclic amines) is 1. The third-order valence-electron chi connectivity index (χ3n) is 8.26. The van der Waals surface area contributed by atoms with Crippen molar-refractivity contribution in [2.45, 2.75) is 6.54 Å². The van der Waals surface area contributed by atoms with Crippen LogP contribution in [-0.2, 0) is 11.3 Å². The minimum absolute atomic E-state index is 0.0549. The SMILES string of the molecule is O=C(c1cccs1)N(CC1C2CN(Cc3ccc4c(c3)OCO4)CC21)c1ccc(N2CCOCC2)c(F)c1. The van der Waals surface area contributed by atoms with Gasteiger partial charge in [0.2, 0.25) is 6.79 Å². The number of morpholine rings is 1. The van der Waals surface area contributed by atoms with Crippen LogP contribution in [0.25, 0.3) is 0 Å². The number of nitrogens with zero attached hydrogens (tertiary/aromatic N) is 3. The summed E-state index contributed by atoms with van der Waals surface area (Å²) in [5.74, 6) is 2.82. The van der Waals surface area contributed by atoms with Crippen molar-refractivity contribution < 1.29 is 23.4 Å². The Balaban J connectivity index is 1.04. The first-order chi connectivity index (χ1) is 18.6. The molecular formula is C29H30FN3O4S. The Morgan fingerprint density at radius 1 is 1.03 bits per heavy atom. The van der Waals surface area contributed by atoms with Crippen molar-refractivity contribution in [1.82, 2.24) is 4.90 Å². The average molecular weight is 536 g/mol. The summed E-state index contributed by atoms with van der Waals surface area (Å²) >= 11 is 1.43. The van der Waals surface area contributed by atoms with E-state index in [1.165, 1.54) is 23.0 Å². The fraction of sp³-hybridized carbons (Fsp3) is 0.414. The number of carbonyl (C=O) groups excluding carboxylic acids is 1. The molecule has 0 bridgehead atoms. The van der Waals surface area contributed by atoms with Crippen LogP contribution in [0.15, 0.2) is 53.9 Å². The van der Waals surface area contributed by atoms with Gasteiger partial charge in [0.05, 0.1) is 23.8 Å². The predicted molar refractivity (Wildman–Crippen MR) is 144 cm³/mol. The van der Waals surface area contributed by atoms with Crippen LogP contribution in [0.4, 0.5) is 15.8 Å². The van der Waals surface area contributed by atoms with Crippen molar-refractivity contribution in [3.05, 3.63) is 70.2 Å². The van der Waals surface area contributed by atoms with Crippen LogP contribution in [-0.4, -0.2) is 63.5 Å². The molecule has 2 aromatic carbocycles. The molecule has 1 aromatic heterocycles. The molecule has 198 valence electrons. The average Bonchev–Trinajstić information content (AvgIpc) is 3.47. The molecule has 1 amide bonds. The van der Waals surface area contributed by atoms with Crippen LogP contribution in [0, 0.1) is 23.6 Å². The van der Waals surface area contributed by atoms with Crippen molar-refractivity contribution in [2.24, 2.45) is 17.8 Å². The standard InChI is InChI=1S/C29H30FN3O4S/c30-24-13-20(4-5-25(24)32-7-9-35-10-8-32)33(29(34)28-2-1-11-38-28)17-23-21-15-31(16-22(21)23)14-19-3-6-26-27(12-19)37-18-36-26/h1-6,11-13,21-23H,7-10,14-18H2. The Morgan fingerprint density at radius 2 is 1.84 bits per heavy atom. The normalized spacial score (nSPS) is 23.9. The van der Waals surface area contributed by atoms with E-state index in [-0.39, 0.29) is 18.5 Å². The molecule has 2 saturated heterocycles. The van der Waals surface area contributed by atoms with E-state index in [4.69, 9.17) is 14.2 Å². The number of amides is 1. The lowest BCUT2D eigenvalue weighted by Gasteiger charge is -2.30. The van der Waals surface area contributed by atoms with Crippen molar-refractivity contribution in [3.8, 4) is 11.5 Å². The monoisotopic (exact) mass is 535 g/mol. The van der Waals surface area contributed by atoms with Crippen molar-refractivity contribution >= 4 is 28.6 Å². The second-order valence-electron chi connectivity index (χ2n) is 10.5. The number of ether oxygens (including phenoxy) is 3. The maximum absolute atomic E-state index is 15.3. The Kier molecular flexibility index (Phi) is 6.22. The lowest BCUT2D eigenvalue weighted by Crippen LogP contribution is -2.37. The second-order valence-corrected chi connectivity index (χ2v) is 11.4. The zero-order valence-electron chi connectivity index (χ0n) is 21.1. The molecule has 7 rings (SSSR count). The Hall–Kier alpha value is -3.14. The number of carbonyl (C=O) groups is 1. The summed E-state index contributed by atoms with van der Waals surface area (Å²) in [6, 6.07) is 15.1. The number of benzene rings is 2. The van der Waals surface area contributed by atoms with E-state index in [0.717, 1.165) is 31.1 Å². The number of hydrogen-bond acceptors (Lipinski definition) is 7. The highest BCUT2D eigenvalue weighted by Gasteiger charge is 2.56. The third-order valence-corrected chi connectivity index (χ3v) is 9.11. The summed E-state index contributed by atoms with van der Waals surface area (Å²) in [6.07, 6.45) is 0. The molecule has 0 spiro atoms. The zero-order chi connectivity index (χ0) is 25.6. The highest BCUT2D eigenvalue weighted by molar-refractivity contribution is 7.12. The van der Waals surface area contributed by atoms with E-state index < -0.39 is 0 Å². The molecule has 2 atom stereocenters. The molecule has 38 heavy (non-hydrogen) atoms. The molecule has 3 fully saturated rings. The molecule has 2 unspecified atom stereocenters. The van der Waals surface area contributed by atoms with E-state index in [9.17, 15) is 4.79 Å². The molecule has 3 aromatic rings. The largest absolute Gasteiger partial charge is 0.454 e. The number of halogens is 1. The van der Waals surface area contributed by atoms with Gasteiger partial charge in [-0.05, 0) is 65.1 Å². The summed E-state index contributed by atoms with van der Waals surface area (Å²) in [5.41, 5.74) is 2.42. The third kappa shape index (κ3) is 4.52. The van der Waals surface area contributed by atoms with E-state index in [2.05, 4.69) is 17.0 Å². The smallest absolute Gasteiger partial charge is 0.268 e. The molecule has 0 N–H and O–H groups in total. The lowest BCUT2D eigenvalue weighted by atomic mass is 10.1. The van der Waals surface area contributed by atoms with Crippen molar-refractivity contribution in [1.29, 1.82) is 0 Å². The van der Waals surface area contributed by atoms with Gasteiger partial charge in [-0.2, -0.15) is 0 Å². The van der Waals surface area contributed by atoms with Crippen LogP contribution in [0.3, 0.4) is 0 Å². The van der Waals surface area contributed by atoms with Gasteiger partial charge in [0, 0.05) is 45.0 Å². The van der Waals surface area contributed by atoms with Crippen molar-refractivity contribution in [3.63, 3.8) is 0 Å². The van der Waals surface area contributed by atoms with E-state index in [1.54, 1.807) is 4.90 Å². The van der Waals surface area contributed by atoms with E-state index in [1.807, 2.05) is 40.6 Å². The molecule has 3 aliphatic heterocycles. The summed E-state index contributed by atoms with van der Waals surface area (Å²) < 4.78 is 31.7. The van der Waals surface area contributed by atoms with Gasteiger partial charge < -0.3 is 24.0 Å². The fourth-order valence-corrected chi connectivity index (χ4v) is 6.88. The summed E-state index contributed by atoms with van der Waals surface area (Å²) in [5, 5.41) is 1.91.